The van der Waals surface area contributed by atoms with E-state index in [-0.39, 0.29) is 23.3 Å². The minimum absolute atomic E-state index is 0.207. The number of rotatable bonds is 9. The quantitative estimate of drug-likeness (QED) is 0.156. The van der Waals surface area contributed by atoms with Crippen molar-refractivity contribution >= 4 is 51.8 Å². The van der Waals surface area contributed by atoms with Crippen LogP contribution in [0.4, 0.5) is 0 Å². The maximum absolute atomic E-state index is 13.1. The van der Waals surface area contributed by atoms with Crippen LogP contribution in [0.25, 0.3) is 22.1 Å². The zero-order chi connectivity index (χ0) is 30.0. The first-order valence-corrected chi connectivity index (χ1v) is 13.5. The van der Waals surface area contributed by atoms with Crippen LogP contribution in [-0.4, -0.2) is 70.0 Å². The number of hydrogen-bond acceptors (Lipinski definition) is 14. The van der Waals surface area contributed by atoms with Gasteiger partial charge in [-0.3, -0.25) is 19.0 Å². The summed E-state index contributed by atoms with van der Waals surface area (Å²) >= 11 is 0.999. The molecule has 0 radical (unpaired) electrons. The number of benzene rings is 1. The van der Waals surface area contributed by atoms with Gasteiger partial charge in [-0.1, -0.05) is 12.1 Å². The van der Waals surface area contributed by atoms with E-state index in [9.17, 15) is 19.2 Å². The summed E-state index contributed by atoms with van der Waals surface area (Å²) in [4.78, 5) is 61.8. The van der Waals surface area contributed by atoms with Crippen LogP contribution in [0.2, 0.25) is 0 Å². The highest BCUT2D eigenvalue weighted by Crippen LogP contribution is 2.42. The van der Waals surface area contributed by atoms with Crippen LogP contribution in [0.3, 0.4) is 0 Å². The van der Waals surface area contributed by atoms with Gasteiger partial charge in [0.15, 0.2) is 22.1 Å². The number of imidazole rings is 1. The fourth-order valence-corrected chi connectivity index (χ4v) is 5.63. The Balaban J connectivity index is 1.61. The maximum atomic E-state index is 13.1. The van der Waals surface area contributed by atoms with Gasteiger partial charge in [-0.05, 0) is 23.9 Å². The van der Waals surface area contributed by atoms with E-state index in [0.29, 0.717) is 27.9 Å². The molecule has 4 atom stereocenters. The predicted octanol–water partition coefficient (Wildman–Crippen LogP) is 2.66. The molecule has 15 heteroatoms. The Bertz CT molecular complexity index is 1720. The monoisotopic (exact) mass is 598 g/mol. The van der Waals surface area contributed by atoms with Crippen molar-refractivity contribution in [2.75, 3.05) is 20.3 Å². The third kappa shape index (κ3) is 5.92. The molecule has 4 aromatic rings. The van der Waals surface area contributed by atoms with Crippen molar-refractivity contribution in [3.63, 3.8) is 0 Å². The molecule has 0 aliphatic carbocycles. The Labute approximate surface area is 242 Å². The number of nitrogens with zero attached hydrogens (tertiary/aromatic N) is 4. The molecular formula is C27H26N4O10S. The van der Waals surface area contributed by atoms with Gasteiger partial charge in [-0.25, -0.2) is 19.7 Å². The van der Waals surface area contributed by atoms with Gasteiger partial charge in [0.2, 0.25) is 0 Å². The number of methoxy groups -OCH3 is 1. The number of para-hydroxylation sites is 1. The molecule has 5 rings (SSSR count). The van der Waals surface area contributed by atoms with Crippen LogP contribution in [-0.2, 0) is 33.3 Å². The van der Waals surface area contributed by atoms with Gasteiger partial charge in [0.05, 0.1) is 19.2 Å². The fraction of sp³-hybridized carbons (Fsp3) is 0.370. The van der Waals surface area contributed by atoms with E-state index in [4.69, 9.17) is 28.1 Å². The number of carbonyl (C=O) groups is 3. The Morgan fingerprint density at radius 2 is 1.83 bits per heavy atom. The van der Waals surface area contributed by atoms with Crippen molar-refractivity contribution in [3.8, 4) is 5.75 Å². The lowest BCUT2D eigenvalue weighted by atomic mass is 10.00. The summed E-state index contributed by atoms with van der Waals surface area (Å²) in [5.74, 6) is -2.09. The number of hydrogen-bond donors (Lipinski definition) is 0. The van der Waals surface area contributed by atoms with E-state index in [1.54, 1.807) is 28.8 Å². The maximum Gasteiger partial charge on any atom is 0.350 e. The predicted molar refractivity (Wildman–Crippen MR) is 145 cm³/mol. The molecule has 3 aromatic heterocycles. The van der Waals surface area contributed by atoms with Gasteiger partial charge >= 0.3 is 23.5 Å². The summed E-state index contributed by atoms with van der Waals surface area (Å²) in [7, 11) is 1.48. The summed E-state index contributed by atoms with van der Waals surface area (Å²) < 4.78 is 34.9. The first-order chi connectivity index (χ1) is 20.2. The summed E-state index contributed by atoms with van der Waals surface area (Å²) in [6.45, 7) is 3.27. The number of esters is 3. The molecule has 220 valence electrons. The molecule has 0 amide bonds. The van der Waals surface area contributed by atoms with E-state index >= 15 is 0 Å². The Morgan fingerprint density at radius 3 is 2.55 bits per heavy atom. The SMILES string of the molecule is COc1cccc2cc(Sc3nc4cncnc4n3[C@@H]3O[C@H](COC(C)=O)[C@@H](OC(C)=O)[C@H]3COC(C)=O)c(=O)oc12. The second kappa shape index (κ2) is 12.2. The van der Waals surface area contributed by atoms with Gasteiger partial charge in [0.1, 0.15) is 48.4 Å². The van der Waals surface area contributed by atoms with E-state index in [0.717, 1.165) is 11.8 Å². The van der Waals surface area contributed by atoms with Crippen LogP contribution in [0, 0.1) is 5.92 Å². The summed E-state index contributed by atoms with van der Waals surface area (Å²) in [6, 6.07) is 6.88. The third-order valence-corrected chi connectivity index (χ3v) is 7.37. The summed E-state index contributed by atoms with van der Waals surface area (Å²) in [5, 5.41) is 0.896. The normalized spacial score (nSPS) is 20.0. The zero-order valence-electron chi connectivity index (χ0n) is 23.0. The number of ether oxygens (including phenoxy) is 5. The average molecular weight is 599 g/mol. The van der Waals surface area contributed by atoms with E-state index in [1.165, 1.54) is 40.4 Å². The van der Waals surface area contributed by atoms with Gasteiger partial charge in [0.25, 0.3) is 0 Å². The van der Waals surface area contributed by atoms with Crippen molar-refractivity contribution in [1.82, 2.24) is 19.5 Å². The molecule has 0 N–H and O–H groups in total. The molecule has 0 spiro atoms. The van der Waals surface area contributed by atoms with Crippen molar-refractivity contribution in [2.24, 2.45) is 5.92 Å². The van der Waals surface area contributed by atoms with Gasteiger partial charge in [0, 0.05) is 26.2 Å². The first kappa shape index (κ1) is 29.0. The van der Waals surface area contributed by atoms with Crippen molar-refractivity contribution in [1.29, 1.82) is 0 Å². The molecule has 1 saturated heterocycles. The van der Waals surface area contributed by atoms with Crippen LogP contribution >= 0.6 is 11.8 Å². The van der Waals surface area contributed by atoms with Crippen molar-refractivity contribution in [3.05, 3.63) is 47.2 Å². The number of aromatic nitrogens is 4. The lowest BCUT2D eigenvalue weighted by Crippen LogP contribution is -2.37. The van der Waals surface area contributed by atoms with E-state index < -0.39 is 47.9 Å². The lowest BCUT2D eigenvalue weighted by molar-refractivity contribution is -0.156. The zero-order valence-corrected chi connectivity index (χ0v) is 23.8. The molecule has 0 unspecified atom stereocenters. The fourth-order valence-electron chi connectivity index (χ4n) is 4.69. The highest BCUT2D eigenvalue weighted by molar-refractivity contribution is 7.99. The van der Waals surface area contributed by atoms with Crippen molar-refractivity contribution in [2.45, 2.75) is 49.3 Å². The summed E-state index contributed by atoms with van der Waals surface area (Å²) in [6.07, 6.45) is -0.0573. The third-order valence-electron chi connectivity index (χ3n) is 6.39. The molecule has 1 aliphatic rings. The van der Waals surface area contributed by atoms with Gasteiger partial charge in [-0.2, -0.15) is 0 Å². The van der Waals surface area contributed by atoms with E-state index in [1.807, 2.05) is 0 Å². The minimum atomic E-state index is -0.982. The molecule has 1 aromatic carbocycles. The average Bonchev–Trinajstić information content (AvgIpc) is 3.47. The molecule has 1 fully saturated rings. The van der Waals surface area contributed by atoms with Gasteiger partial charge in [-0.15, -0.1) is 0 Å². The first-order valence-electron chi connectivity index (χ1n) is 12.7. The molecule has 42 heavy (non-hydrogen) atoms. The highest BCUT2D eigenvalue weighted by atomic mass is 32.2. The van der Waals surface area contributed by atoms with E-state index in [2.05, 4.69) is 15.0 Å². The second-order valence-electron chi connectivity index (χ2n) is 9.28. The molecule has 1 aliphatic heterocycles. The smallest absolute Gasteiger partial charge is 0.350 e. The Hall–Kier alpha value is -4.50. The molecule has 14 nitrogen and oxygen atoms in total. The lowest BCUT2D eigenvalue weighted by Gasteiger charge is -2.24. The molecule has 4 heterocycles. The molecular weight excluding hydrogens is 572 g/mol. The standard InChI is InChI=1S/C27H26N4O10S/c1-13(32)37-10-17-23(39-15(3)34)20(11-38-14(2)33)40-25(17)31-24-18(9-28-12-29-24)30-27(31)42-21-8-16-6-5-7-19(36-4)22(16)41-26(21)35/h5-9,12,17,20,23,25H,10-11H2,1-4H3/t17-,20-,23+,25-/m1/s1. The highest BCUT2D eigenvalue weighted by Gasteiger charge is 2.50. The van der Waals surface area contributed by atoms with Crippen LogP contribution < -0.4 is 10.4 Å². The number of carbonyl (C=O) groups excluding carboxylic acids is 3. The Morgan fingerprint density at radius 1 is 1.07 bits per heavy atom. The Kier molecular flexibility index (Phi) is 8.40. The minimum Gasteiger partial charge on any atom is -0.493 e. The van der Waals surface area contributed by atoms with Crippen LogP contribution in [0.1, 0.15) is 27.0 Å². The number of fused-ring (bicyclic) bond motifs is 2. The molecule has 0 bridgehead atoms. The second-order valence-corrected chi connectivity index (χ2v) is 10.3. The molecule has 0 saturated carbocycles. The summed E-state index contributed by atoms with van der Waals surface area (Å²) in [5.41, 5.74) is 0.392. The van der Waals surface area contributed by atoms with Crippen LogP contribution in [0.5, 0.6) is 5.75 Å². The van der Waals surface area contributed by atoms with Crippen LogP contribution in [0.15, 0.2) is 56.1 Å². The topological polar surface area (TPSA) is 171 Å². The largest absolute Gasteiger partial charge is 0.493 e. The van der Waals surface area contributed by atoms with Crippen molar-refractivity contribution < 1.29 is 42.5 Å². The van der Waals surface area contributed by atoms with Gasteiger partial charge < -0.3 is 28.1 Å².